The van der Waals surface area contributed by atoms with Crippen LogP contribution in [0, 0.1) is 25.1 Å². The fourth-order valence-electron chi connectivity index (χ4n) is 2.41. The zero-order valence-corrected chi connectivity index (χ0v) is 15.5. The molecule has 0 spiro atoms. The van der Waals surface area contributed by atoms with Crippen molar-refractivity contribution in [3.8, 4) is 5.75 Å². The van der Waals surface area contributed by atoms with Gasteiger partial charge in [-0.3, -0.25) is 5.41 Å². The highest BCUT2D eigenvalue weighted by Gasteiger charge is 2.09. The lowest BCUT2D eigenvalue weighted by molar-refractivity contribution is 0.415. The van der Waals surface area contributed by atoms with Crippen molar-refractivity contribution in [1.29, 1.82) is 5.41 Å². The van der Waals surface area contributed by atoms with Crippen LogP contribution in [-0.4, -0.2) is 17.0 Å². The van der Waals surface area contributed by atoms with Crippen molar-refractivity contribution >= 4 is 28.9 Å². The van der Waals surface area contributed by atoms with Crippen LogP contribution >= 0.6 is 11.5 Å². The molecule has 0 aliphatic heterocycles. The molecule has 0 aliphatic rings. The molecule has 26 heavy (non-hydrogen) atoms. The highest BCUT2D eigenvalue weighted by molar-refractivity contribution is 7.07. The SMILES string of the molecule is COc1ccc(NC(=Nc2ccc(F)cc2C)n2sc(C)cc2=N)cc1. The Hall–Kier alpha value is -2.93. The molecule has 0 saturated carbocycles. The van der Waals surface area contributed by atoms with Crippen molar-refractivity contribution in [3.05, 3.63) is 70.3 Å². The van der Waals surface area contributed by atoms with E-state index in [-0.39, 0.29) is 5.82 Å². The quantitative estimate of drug-likeness (QED) is 0.529. The lowest BCUT2D eigenvalue weighted by atomic mass is 10.2. The Balaban J connectivity index is 2.05. The summed E-state index contributed by atoms with van der Waals surface area (Å²) in [5.41, 5.74) is 2.49. The van der Waals surface area contributed by atoms with E-state index in [1.807, 2.05) is 31.2 Å². The van der Waals surface area contributed by atoms with Crippen molar-refractivity contribution in [2.75, 3.05) is 12.4 Å². The Kier molecular flexibility index (Phi) is 5.18. The molecule has 0 fully saturated rings. The van der Waals surface area contributed by atoms with E-state index in [2.05, 4.69) is 10.3 Å². The van der Waals surface area contributed by atoms with E-state index in [9.17, 15) is 4.39 Å². The van der Waals surface area contributed by atoms with Gasteiger partial charge in [0, 0.05) is 10.6 Å². The van der Waals surface area contributed by atoms with Crippen LogP contribution in [-0.2, 0) is 0 Å². The molecule has 0 unspecified atom stereocenters. The Morgan fingerprint density at radius 2 is 1.88 bits per heavy atom. The van der Waals surface area contributed by atoms with Gasteiger partial charge in [0.15, 0.2) is 0 Å². The van der Waals surface area contributed by atoms with Crippen LogP contribution in [0.3, 0.4) is 0 Å². The van der Waals surface area contributed by atoms with Crippen LogP contribution in [0.4, 0.5) is 15.8 Å². The summed E-state index contributed by atoms with van der Waals surface area (Å²) in [5.74, 6) is 0.934. The van der Waals surface area contributed by atoms with Crippen molar-refractivity contribution in [2.24, 2.45) is 4.99 Å². The molecular formula is C19H19FN4OS. The zero-order valence-electron chi connectivity index (χ0n) is 14.7. The highest BCUT2D eigenvalue weighted by Crippen LogP contribution is 2.21. The average molecular weight is 370 g/mol. The zero-order chi connectivity index (χ0) is 18.7. The minimum Gasteiger partial charge on any atom is -0.497 e. The Morgan fingerprint density at radius 1 is 1.15 bits per heavy atom. The third-order valence-electron chi connectivity index (χ3n) is 3.72. The minimum atomic E-state index is -0.299. The van der Waals surface area contributed by atoms with Crippen molar-refractivity contribution in [3.63, 3.8) is 0 Å². The summed E-state index contributed by atoms with van der Waals surface area (Å²) in [6.07, 6.45) is 0. The normalized spacial score (nSPS) is 11.5. The number of aryl methyl sites for hydroxylation is 2. The molecule has 0 radical (unpaired) electrons. The first-order chi connectivity index (χ1) is 12.5. The van der Waals surface area contributed by atoms with Gasteiger partial charge in [-0.05, 0) is 67.9 Å². The third kappa shape index (κ3) is 4.00. The maximum atomic E-state index is 13.4. The average Bonchev–Trinajstić information content (AvgIpc) is 2.95. The molecule has 134 valence electrons. The third-order valence-corrected chi connectivity index (χ3v) is 4.68. The van der Waals surface area contributed by atoms with Crippen molar-refractivity contribution < 1.29 is 9.13 Å². The van der Waals surface area contributed by atoms with Crippen LogP contribution in [0.2, 0.25) is 0 Å². The fourth-order valence-corrected chi connectivity index (χ4v) is 3.19. The monoisotopic (exact) mass is 370 g/mol. The molecule has 1 heterocycles. The van der Waals surface area contributed by atoms with Crippen molar-refractivity contribution in [2.45, 2.75) is 13.8 Å². The number of anilines is 1. The first kappa shape index (κ1) is 17.9. The number of aliphatic imine (C=N–C) groups is 1. The number of rotatable bonds is 3. The molecule has 2 aromatic carbocycles. The molecule has 3 rings (SSSR count). The fraction of sp³-hybridized carbons (Fsp3) is 0.158. The number of ether oxygens (including phenoxy) is 1. The summed E-state index contributed by atoms with van der Waals surface area (Å²) in [5, 5.41) is 11.4. The molecule has 2 N–H and O–H groups in total. The van der Waals surface area contributed by atoms with E-state index in [0.29, 0.717) is 17.1 Å². The number of nitrogens with one attached hydrogen (secondary N) is 2. The van der Waals surface area contributed by atoms with Gasteiger partial charge in [-0.1, -0.05) is 11.5 Å². The van der Waals surface area contributed by atoms with Crippen molar-refractivity contribution in [1.82, 2.24) is 3.96 Å². The van der Waals surface area contributed by atoms with Gasteiger partial charge < -0.3 is 10.1 Å². The van der Waals surface area contributed by atoms with Gasteiger partial charge in [-0.15, -0.1) is 0 Å². The first-order valence-electron chi connectivity index (χ1n) is 7.97. The molecule has 5 nitrogen and oxygen atoms in total. The van der Waals surface area contributed by atoms with Gasteiger partial charge in [0.25, 0.3) is 0 Å². The maximum Gasteiger partial charge on any atom is 0.223 e. The van der Waals surface area contributed by atoms with Gasteiger partial charge in [-0.2, -0.15) is 0 Å². The van der Waals surface area contributed by atoms with Crippen LogP contribution in [0.5, 0.6) is 5.75 Å². The molecule has 7 heteroatoms. The van der Waals surface area contributed by atoms with Gasteiger partial charge in [0.1, 0.15) is 17.1 Å². The number of halogens is 1. The Morgan fingerprint density at radius 3 is 2.46 bits per heavy atom. The number of methoxy groups -OCH3 is 1. The smallest absolute Gasteiger partial charge is 0.223 e. The van der Waals surface area contributed by atoms with E-state index in [1.54, 1.807) is 30.1 Å². The molecule has 0 amide bonds. The maximum absolute atomic E-state index is 13.4. The predicted octanol–water partition coefficient (Wildman–Crippen LogP) is 4.44. The number of hydrogen-bond donors (Lipinski definition) is 2. The lowest BCUT2D eigenvalue weighted by Crippen LogP contribution is -2.28. The van der Waals surface area contributed by atoms with Crippen LogP contribution in [0.15, 0.2) is 53.5 Å². The van der Waals surface area contributed by atoms with Gasteiger partial charge in [0.2, 0.25) is 5.96 Å². The first-order valence-corrected chi connectivity index (χ1v) is 8.74. The summed E-state index contributed by atoms with van der Waals surface area (Å²) in [6.45, 7) is 3.74. The molecule has 0 aliphatic carbocycles. The second-order valence-electron chi connectivity index (χ2n) is 5.75. The molecule has 3 aromatic rings. The molecule has 1 aromatic heterocycles. The molecular weight excluding hydrogens is 351 g/mol. The van der Waals surface area contributed by atoms with Gasteiger partial charge in [0.05, 0.1) is 12.8 Å². The van der Waals surface area contributed by atoms with Crippen LogP contribution in [0.1, 0.15) is 10.4 Å². The minimum absolute atomic E-state index is 0.299. The highest BCUT2D eigenvalue weighted by atomic mass is 32.1. The Bertz CT molecular complexity index is 1010. The van der Waals surface area contributed by atoms with E-state index in [1.165, 1.54) is 23.7 Å². The number of nitrogens with zero attached hydrogens (tertiary/aromatic N) is 2. The predicted molar refractivity (Wildman–Crippen MR) is 103 cm³/mol. The molecule has 0 atom stereocenters. The molecule has 0 bridgehead atoms. The summed E-state index contributed by atoms with van der Waals surface area (Å²) in [6, 6.07) is 13.6. The second kappa shape index (κ2) is 7.53. The summed E-state index contributed by atoms with van der Waals surface area (Å²) < 4.78 is 20.3. The standard InChI is InChI=1S/C19H19FN4OS/c1-12-10-14(20)4-9-17(12)23-19(24-18(21)11-13(2)26-24)22-15-5-7-16(25-3)8-6-15/h4-11,21H,1-3H3,(H,22,23). The summed E-state index contributed by atoms with van der Waals surface area (Å²) >= 11 is 1.41. The second-order valence-corrected chi connectivity index (χ2v) is 6.94. The van der Waals surface area contributed by atoms with Crippen LogP contribution in [0.25, 0.3) is 0 Å². The number of aromatic nitrogens is 1. The number of benzene rings is 2. The van der Waals surface area contributed by atoms with E-state index in [4.69, 9.17) is 10.1 Å². The van der Waals surface area contributed by atoms with Crippen LogP contribution < -0.4 is 15.5 Å². The summed E-state index contributed by atoms with van der Waals surface area (Å²) in [4.78, 5) is 5.64. The van der Waals surface area contributed by atoms with E-state index >= 15 is 0 Å². The Labute approximate surface area is 155 Å². The lowest BCUT2D eigenvalue weighted by Gasteiger charge is -2.12. The van der Waals surface area contributed by atoms with Gasteiger partial charge >= 0.3 is 0 Å². The largest absolute Gasteiger partial charge is 0.497 e. The topological polar surface area (TPSA) is 62.4 Å². The van der Waals surface area contributed by atoms with E-state index in [0.717, 1.165) is 21.9 Å². The van der Waals surface area contributed by atoms with Gasteiger partial charge in [-0.25, -0.2) is 13.3 Å². The number of hydrogen-bond acceptors (Lipinski definition) is 4. The summed E-state index contributed by atoms with van der Waals surface area (Å²) in [7, 11) is 1.61. The van der Waals surface area contributed by atoms with E-state index < -0.39 is 0 Å². The molecule has 0 saturated heterocycles.